The summed E-state index contributed by atoms with van der Waals surface area (Å²) in [4.78, 5) is 4.78. The third-order valence-corrected chi connectivity index (χ3v) is 5.28. The van der Waals surface area contributed by atoms with Crippen LogP contribution in [0.1, 0.15) is 10.6 Å². The second kappa shape index (κ2) is 5.98. The van der Waals surface area contributed by atoms with Gasteiger partial charge >= 0.3 is 0 Å². The zero-order valence-electron chi connectivity index (χ0n) is 12.6. The fourth-order valence-electron chi connectivity index (χ4n) is 3.32. The van der Waals surface area contributed by atoms with Crippen LogP contribution in [-0.4, -0.2) is 54.0 Å². The van der Waals surface area contributed by atoms with E-state index in [2.05, 4.69) is 20.0 Å². The van der Waals surface area contributed by atoms with E-state index in [4.69, 9.17) is 9.15 Å². The lowest BCUT2D eigenvalue weighted by molar-refractivity contribution is 0.0579. The van der Waals surface area contributed by atoms with Crippen LogP contribution >= 0.6 is 11.3 Å². The summed E-state index contributed by atoms with van der Waals surface area (Å²) in [5.74, 6) is 0.526. The molecular weight excluding hydrogens is 300 g/mol. The largest absolute Gasteiger partial charge is 0.472 e. The smallest absolute Gasteiger partial charge is 0.208 e. The molecule has 0 unspecified atom stereocenters. The van der Waals surface area contributed by atoms with Gasteiger partial charge in [0.25, 0.3) is 0 Å². The van der Waals surface area contributed by atoms with Gasteiger partial charge in [-0.25, -0.2) is 0 Å². The van der Waals surface area contributed by atoms with Crippen molar-refractivity contribution in [3.8, 4) is 0 Å². The molecule has 118 valence electrons. The molecule has 2 saturated heterocycles. The first kappa shape index (κ1) is 14.2. The van der Waals surface area contributed by atoms with E-state index in [-0.39, 0.29) is 0 Å². The first-order valence-electron chi connectivity index (χ1n) is 7.68. The Morgan fingerprint density at radius 3 is 3.05 bits per heavy atom. The Balaban J connectivity index is 1.43. The van der Waals surface area contributed by atoms with Gasteiger partial charge in [0.15, 0.2) is 0 Å². The maximum Gasteiger partial charge on any atom is 0.208 e. The van der Waals surface area contributed by atoms with E-state index in [0.29, 0.717) is 12.0 Å². The number of nitrogens with zero attached hydrogens (tertiary/aromatic N) is 4. The average molecular weight is 320 g/mol. The number of hydrogen-bond donors (Lipinski definition) is 0. The Morgan fingerprint density at radius 1 is 1.32 bits per heavy atom. The fourth-order valence-corrected chi connectivity index (χ4v) is 4.02. The Morgan fingerprint density at radius 2 is 2.27 bits per heavy atom. The van der Waals surface area contributed by atoms with Crippen molar-refractivity contribution in [3.63, 3.8) is 0 Å². The van der Waals surface area contributed by atoms with E-state index < -0.39 is 0 Å². The minimum absolute atomic E-state index is 0.304. The third kappa shape index (κ3) is 2.88. The highest BCUT2D eigenvalue weighted by atomic mass is 32.1. The quantitative estimate of drug-likeness (QED) is 0.859. The second-order valence-corrected chi connectivity index (χ2v) is 7.20. The molecule has 2 aromatic heterocycles. The van der Waals surface area contributed by atoms with Gasteiger partial charge in [0.2, 0.25) is 5.13 Å². The summed E-state index contributed by atoms with van der Waals surface area (Å²) in [6, 6.07) is 2.04. The molecule has 2 aliphatic heterocycles. The minimum Gasteiger partial charge on any atom is -0.472 e. The maximum absolute atomic E-state index is 6.08. The molecule has 0 bridgehead atoms. The molecule has 0 N–H and O–H groups in total. The molecule has 0 spiro atoms. The van der Waals surface area contributed by atoms with E-state index >= 15 is 0 Å². The van der Waals surface area contributed by atoms with Crippen molar-refractivity contribution < 1.29 is 9.15 Å². The van der Waals surface area contributed by atoms with Crippen LogP contribution in [-0.2, 0) is 11.3 Å². The molecule has 0 amide bonds. The van der Waals surface area contributed by atoms with Crippen molar-refractivity contribution in [2.24, 2.45) is 5.92 Å². The summed E-state index contributed by atoms with van der Waals surface area (Å²) in [6.07, 6.45) is 3.87. The van der Waals surface area contributed by atoms with Gasteiger partial charge in [0, 0.05) is 44.2 Å². The molecule has 0 aromatic carbocycles. The summed E-state index contributed by atoms with van der Waals surface area (Å²) in [5, 5.41) is 10.4. The molecule has 6 nitrogen and oxygen atoms in total. The van der Waals surface area contributed by atoms with Crippen molar-refractivity contribution in [1.29, 1.82) is 0 Å². The lowest BCUT2D eigenvalue weighted by Gasteiger charge is -2.22. The van der Waals surface area contributed by atoms with Crippen molar-refractivity contribution in [2.75, 3.05) is 37.7 Å². The molecule has 2 aliphatic rings. The Hall–Kier alpha value is -1.44. The van der Waals surface area contributed by atoms with Gasteiger partial charge in [0.1, 0.15) is 5.01 Å². The van der Waals surface area contributed by atoms with Gasteiger partial charge in [0.05, 0.1) is 25.2 Å². The van der Waals surface area contributed by atoms with E-state index in [0.717, 1.165) is 49.5 Å². The van der Waals surface area contributed by atoms with Gasteiger partial charge in [-0.15, -0.1) is 10.2 Å². The van der Waals surface area contributed by atoms with E-state index in [1.54, 1.807) is 17.6 Å². The topological polar surface area (TPSA) is 54.6 Å². The predicted molar refractivity (Wildman–Crippen MR) is 84.1 cm³/mol. The number of aryl methyl sites for hydroxylation is 1. The standard InChI is InChI=1S/C15H20N4O2S/c1-11-16-17-15(22-11)19-8-13-7-18(3-5-21-14(13)9-19)6-12-2-4-20-10-12/h2,4,10,13-14H,3,5-9H2,1H3/t13-,14+/m0/s1. The molecule has 2 fully saturated rings. The van der Waals surface area contributed by atoms with Crippen LogP contribution in [0.25, 0.3) is 0 Å². The number of rotatable bonds is 3. The molecule has 0 aliphatic carbocycles. The van der Waals surface area contributed by atoms with Gasteiger partial charge in [-0.3, -0.25) is 4.90 Å². The summed E-state index contributed by atoms with van der Waals surface area (Å²) in [7, 11) is 0. The third-order valence-electron chi connectivity index (χ3n) is 4.39. The molecule has 2 atom stereocenters. The van der Waals surface area contributed by atoms with Crippen molar-refractivity contribution in [3.05, 3.63) is 29.2 Å². The Kier molecular flexibility index (Phi) is 3.85. The van der Waals surface area contributed by atoms with Gasteiger partial charge in [-0.2, -0.15) is 0 Å². The highest BCUT2D eigenvalue weighted by molar-refractivity contribution is 7.15. The van der Waals surface area contributed by atoms with Gasteiger partial charge in [-0.1, -0.05) is 11.3 Å². The number of hydrogen-bond acceptors (Lipinski definition) is 7. The molecule has 0 saturated carbocycles. The van der Waals surface area contributed by atoms with Crippen LogP contribution in [0, 0.1) is 12.8 Å². The van der Waals surface area contributed by atoms with E-state index in [9.17, 15) is 0 Å². The molecule has 2 aromatic rings. The lowest BCUT2D eigenvalue weighted by atomic mass is 10.1. The molecule has 0 radical (unpaired) electrons. The van der Waals surface area contributed by atoms with E-state index in [1.165, 1.54) is 5.56 Å². The van der Waals surface area contributed by atoms with Crippen LogP contribution in [0.3, 0.4) is 0 Å². The number of fused-ring (bicyclic) bond motifs is 1. The zero-order chi connectivity index (χ0) is 14.9. The number of furan rings is 1. The predicted octanol–water partition coefficient (Wildman–Crippen LogP) is 1.78. The van der Waals surface area contributed by atoms with Crippen molar-refractivity contribution in [2.45, 2.75) is 19.6 Å². The lowest BCUT2D eigenvalue weighted by Crippen LogP contribution is -2.32. The molecule has 4 rings (SSSR count). The maximum atomic E-state index is 6.08. The molecular formula is C15H20N4O2S. The number of aromatic nitrogens is 2. The van der Waals surface area contributed by atoms with Gasteiger partial charge < -0.3 is 14.1 Å². The highest BCUT2D eigenvalue weighted by Crippen LogP contribution is 2.30. The monoisotopic (exact) mass is 320 g/mol. The normalized spacial score (nSPS) is 26.1. The fraction of sp³-hybridized carbons (Fsp3) is 0.600. The minimum atomic E-state index is 0.304. The van der Waals surface area contributed by atoms with Crippen molar-refractivity contribution >= 4 is 16.5 Å². The van der Waals surface area contributed by atoms with Crippen LogP contribution in [0.2, 0.25) is 0 Å². The van der Waals surface area contributed by atoms with Crippen LogP contribution in [0.15, 0.2) is 23.0 Å². The Labute approximate surface area is 133 Å². The molecule has 4 heterocycles. The SMILES string of the molecule is Cc1nnc(N2C[C@@H]3CN(Cc4ccoc4)CCO[C@@H]3C2)s1. The van der Waals surface area contributed by atoms with Crippen molar-refractivity contribution in [1.82, 2.24) is 15.1 Å². The Bertz CT molecular complexity index is 615. The highest BCUT2D eigenvalue weighted by Gasteiger charge is 2.37. The summed E-state index contributed by atoms with van der Waals surface area (Å²) in [5.41, 5.74) is 1.23. The molecule has 7 heteroatoms. The first-order chi connectivity index (χ1) is 10.8. The second-order valence-electron chi connectivity index (χ2n) is 6.04. The first-order valence-corrected chi connectivity index (χ1v) is 8.49. The van der Waals surface area contributed by atoms with Crippen LogP contribution in [0.5, 0.6) is 0 Å². The van der Waals surface area contributed by atoms with E-state index in [1.807, 2.05) is 19.3 Å². The number of anilines is 1. The summed E-state index contributed by atoms with van der Waals surface area (Å²) < 4.78 is 11.3. The van der Waals surface area contributed by atoms with Crippen LogP contribution in [0.4, 0.5) is 5.13 Å². The zero-order valence-corrected chi connectivity index (χ0v) is 13.5. The summed E-state index contributed by atoms with van der Waals surface area (Å²) >= 11 is 1.66. The molecule has 22 heavy (non-hydrogen) atoms. The van der Waals surface area contributed by atoms with Gasteiger partial charge in [-0.05, 0) is 13.0 Å². The number of ether oxygens (including phenoxy) is 1. The van der Waals surface area contributed by atoms with Crippen LogP contribution < -0.4 is 4.90 Å². The summed E-state index contributed by atoms with van der Waals surface area (Å²) in [6.45, 7) is 7.70. The average Bonchev–Trinajstić information content (AvgIpc) is 3.20.